The van der Waals surface area contributed by atoms with Crippen LogP contribution >= 0.6 is 11.8 Å². The van der Waals surface area contributed by atoms with Gasteiger partial charge >= 0.3 is 5.97 Å². The molecule has 0 radical (unpaired) electrons. The quantitative estimate of drug-likeness (QED) is 0.399. The van der Waals surface area contributed by atoms with Crippen LogP contribution in [-0.4, -0.2) is 38.7 Å². The molecule has 2 aliphatic rings. The highest BCUT2D eigenvalue weighted by atomic mass is 32.2. The van der Waals surface area contributed by atoms with Gasteiger partial charge in [0.2, 0.25) is 0 Å². The van der Waals surface area contributed by atoms with Crippen molar-refractivity contribution in [2.45, 2.75) is 82.2 Å². The van der Waals surface area contributed by atoms with Gasteiger partial charge in [-0.05, 0) is 42.9 Å². The number of rotatable bonds is 10. The predicted molar refractivity (Wildman–Crippen MR) is 102 cm³/mol. The molecule has 5 atom stereocenters. The number of carbonyl (C=O) groups is 1. The Kier molecular flexibility index (Phi) is 8.53. The first-order valence-electron chi connectivity index (χ1n) is 9.63. The second-order valence-electron chi connectivity index (χ2n) is 7.31. The molecular weight excluding hydrogens is 336 g/mol. The fourth-order valence-corrected chi connectivity index (χ4v) is 5.49. The Labute approximate surface area is 155 Å². The molecule has 2 rings (SSSR count). The van der Waals surface area contributed by atoms with E-state index < -0.39 is 12.1 Å². The molecule has 1 aliphatic carbocycles. The zero-order chi connectivity index (χ0) is 18.2. The summed E-state index contributed by atoms with van der Waals surface area (Å²) in [5, 5.41) is 29.6. The van der Waals surface area contributed by atoms with E-state index in [0.717, 1.165) is 44.9 Å². The third-order valence-corrected chi connectivity index (χ3v) is 6.74. The van der Waals surface area contributed by atoms with Crippen LogP contribution in [0.25, 0.3) is 0 Å². The summed E-state index contributed by atoms with van der Waals surface area (Å²) in [6, 6.07) is 0. The fourth-order valence-electron chi connectivity index (χ4n) is 3.86. The van der Waals surface area contributed by atoms with Crippen LogP contribution in [0.5, 0.6) is 0 Å². The summed E-state index contributed by atoms with van der Waals surface area (Å²) in [7, 11) is 0. The molecule has 1 heterocycles. The van der Waals surface area contributed by atoms with E-state index >= 15 is 0 Å². The summed E-state index contributed by atoms with van der Waals surface area (Å²) in [5.41, 5.74) is 0. The van der Waals surface area contributed by atoms with Crippen molar-refractivity contribution in [1.29, 1.82) is 0 Å². The van der Waals surface area contributed by atoms with Crippen molar-refractivity contribution < 1.29 is 20.1 Å². The lowest BCUT2D eigenvalue weighted by molar-refractivity contribution is -0.137. The SMILES string of the molecule is CCCCC[C@H](O)C=C[C@@H]1[C@H]2CC(=CCCCC(=O)O)S[C@H]2C[C@H]1O. The van der Waals surface area contributed by atoms with Gasteiger partial charge in [-0.2, -0.15) is 0 Å². The summed E-state index contributed by atoms with van der Waals surface area (Å²) in [6.45, 7) is 2.15. The maximum Gasteiger partial charge on any atom is 0.303 e. The lowest BCUT2D eigenvalue weighted by atomic mass is 9.90. The molecule has 4 nitrogen and oxygen atoms in total. The number of thioether (sulfide) groups is 1. The molecule has 5 heteroatoms. The van der Waals surface area contributed by atoms with Crippen molar-refractivity contribution in [2.75, 3.05) is 0 Å². The van der Waals surface area contributed by atoms with E-state index in [2.05, 4.69) is 13.0 Å². The van der Waals surface area contributed by atoms with Gasteiger partial charge in [0.25, 0.3) is 0 Å². The van der Waals surface area contributed by atoms with Gasteiger partial charge in [-0.1, -0.05) is 44.4 Å². The van der Waals surface area contributed by atoms with Crippen LogP contribution in [0.3, 0.4) is 0 Å². The Balaban J connectivity index is 1.83. The molecule has 25 heavy (non-hydrogen) atoms. The van der Waals surface area contributed by atoms with Crippen LogP contribution in [-0.2, 0) is 4.79 Å². The smallest absolute Gasteiger partial charge is 0.303 e. The number of aliphatic hydroxyl groups is 2. The maximum absolute atomic E-state index is 10.6. The topological polar surface area (TPSA) is 77.8 Å². The van der Waals surface area contributed by atoms with Gasteiger partial charge in [-0.15, -0.1) is 11.8 Å². The van der Waals surface area contributed by atoms with Crippen LogP contribution in [0.1, 0.15) is 64.7 Å². The van der Waals surface area contributed by atoms with Crippen LogP contribution in [0, 0.1) is 11.8 Å². The summed E-state index contributed by atoms with van der Waals surface area (Å²) in [4.78, 5) is 11.9. The number of fused-ring (bicyclic) bond motifs is 1. The minimum absolute atomic E-state index is 0.128. The molecular formula is C20H32O4S. The molecule has 1 saturated carbocycles. The number of unbranched alkanes of at least 4 members (excludes halogenated alkanes) is 3. The van der Waals surface area contributed by atoms with E-state index in [1.807, 2.05) is 23.9 Å². The molecule has 3 N–H and O–H groups in total. The number of aliphatic carboxylic acids is 1. The monoisotopic (exact) mass is 368 g/mol. The first-order valence-corrected chi connectivity index (χ1v) is 10.5. The summed E-state index contributed by atoms with van der Waals surface area (Å²) in [6.07, 6.45) is 13.0. The zero-order valence-corrected chi connectivity index (χ0v) is 16.0. The Bertz CT molecular complexity index is 488. The minimum Gasteiger partial charge on any atom is -0.481 e. The van der Waals surface area contributed by atoms with Gasteiger partial charge in [0, 0.05) is 17.6 Å². The molecule has 0 unspecified atom stereocenters. The van der Waals surface area contributed by atoms with Gasteiger partial charge in [-0.25, -0.2) is 0 Å². The van der Waals surface area contributed by atoms with Crippen molar-refractivity contribution >= 4 is 17.7 Å². The molecule has 142 valence electrons. The first kappa shape index (κ1) is 20.5. The number of allylic oxidation sites excluding steroid dienone is 2. The highest BCUT2D eigenvalue weighted by Gasteiger charge is 2.45. The Morgan fingerprint density at radius 1 is 1.36 bits per heavy atom. The second kappa shape index (κ2) is 10.4. The Morgan fingerprint density at radius 3 is 2.88 bits per heavy atom. The van der Waals surface area contributed by atoms with Crippen molar-refractivity contribution in [3.8, 4) is 0 Å². The molecule has 1 saturated heterocycles. The number of hydrogen-bond donors (Lipinski definition) is 3. The molecule has 0 amide bonds. The Morgan fingerprint density at radius 2 is 2.16 bits per heavy atom. The molecule has 0 spiro atoms. The van der Waals surface area contributed by atoms with Crippen LogP contribution in [0.15, 0.2) is 23.1 Å². The third kappa shape index (κ3) is 6.46. The van der Waals surface area contributed by atoms with Gasteiger partial charge in [-0.3, -0.25) is 4.79 Å². The number of carboxylic acids is 1. The third-order valence-electron chi connectivity index (χ3n) is 5.26. The van der Waals surface area contributed by atoms with E-state index in [-0.39, 0.29) is 18.4 Å². The van der Waals surface area contributed by atoms with Crippen LogP contribution in [0.4, 0.5) is 0 Å². The van der Waals surface area contributed by atoms with Crippen molar-refractivity contribution in [3.05, 3.63) is 23.1 Å². The molecule has 2 fully saturated rings. The zero-order valence-electron chi connectivity index (χ0n) is 15.1. The van der Waals surface area contributed by atoms with Crippen molar-refractivity contribution in [2.24, 2.45) is 11.8 Å². The van der Waals surface area contributed by atoms with Gasteiger partial charge in [0.15, 0.2) is 0 Å². The predicted octanol–water partition coefficient (Wildman–Crippen LogP) is 4.13. The average Bonchev–Trinajstić information content (AvgIpc) is 3.06. The largest absolute Gasteiger partial charge is 0.481 e. The highest BCUT2D eigenvalue weighted by Crippen LogP contribution is 2.53. The van der Waals surface area contributed by atoms with E-state index in [4.69, 9.17) is 5.11 Å². The normalized spacial score (nSPS) is 31.7. The summed E-state index contributed by atoms with van der Waals surface area (Å²) >= 11 is 1.86. The standard InChI is InChI=1S/C20H32O4S/c1-2-3-4-7-14(21)10-11-16-17-12-15(8-5-6-9-20(23)24)25-19(17)13-18(16)22/h8,10-11,14,16-19,21-22H,2-7,9,12-13H2,1H3,(H,23,24)/t14-,16+,17+,18+,19-/m0/s1. The van der Waals surface area contributed by atoms with Crippen LogP contribution < -0.4 is 0 Å². The number of carboxylic acid groups (broad SMARTS) is 1. The van der Waals surface area contributed by atoms with E-state index in [0.29, 0.717) is 17.6 Å². The number of aliphatic hydroxyl groups excluding tert-OH is 2. The average molecular weight is 369 g/mol. The fraction of sp³-hybridized carbons (Fsp3) is 0.750. The lowest BCUT2D eigenvalue weighted by Gasteiger charge is -2.17. The molecule has 0 bridgehead atoms. The number of hydrogen-bond acceptors (Lipinski definition) is 4. The van der Waals surface area contributed by atoms with Crippen molar-refractivity contribution in [1.82, 2.24) is 0 Å². The summed E-state index contributed by atoms with van der Waals surface area (Å²) in [5.74, 6) is -0.173. The maximum atomic E-state index is 10.6. The molecule has 0 aromatic carbocycles. The van der Waals surface area contributed by atoms with Crippen LogP contribution in [0.2, 0.25) is 0 Å². The second-order valence-corrected chi connectivity index (χ2v) is 8.67. The van der Waals surface area contributed by atoms with E-state index in [1.54, 1.807) is 0 Å². The van der Waals surface area contributed by atoms with Crippen molar-refractivity contribution in [3.63, 3.8) is 0 Å². The molecule has 0 aromatic heterocycles. The Hall–Kier alpha value is -0.780. The lowest BCUT2D eigenvalue weighted by Crippen LogP contribution is -2.17. The molecule has 0 aromatic rings. The summed E-state index contributed by atoms with van der Waals surface area (Å²) < 4.78 is 0. The minimum atomic E-state index is -0.736. The van der Waals surface area contributed by atoms with Gasteiger partial charge < -0.3 is 15.3 Å². The highest BCUT2D eigenvalue weighted by molar-refractivity contribution is 8.04. The van der Waals surface area contributed by atoms with Gasteiger partial charge in [0.1, 0.15) is 0 Å². The van der Waals surface area contributed by atoms with E-state index in [9.17, 15) is 15.0 Å². The van der Waals surface area contributed by atoms with E-state index in [1.165, 1.54) is 4.91 Å². The first-order chi connectivity index (χ1) is 12.0. The molecule has 1 aliphatic heterocycles. The van der Waals surface area contributed by atoms with Gasteiger partial charge in [0.05, 0.1) is 12.2 Å².